The largest absolute Gasteiger partial charge is 0.298 e. The van der Waals surface area contributed by atoms with Crippen LogP contribution in [0.4, 0.5) is 0 Å². The summed E-state index contributed by atoms with van der Waals surface area (Å²) in [7, 11) is 0. The number of rotatable bonds is 4. The van der Waals surface area contributed by atoms with Crippen molar-refractivity contribution in [2.75, 3.05) is 0 Å². The maximum Gasteiger partial charge on any atom is 0.269 e. The lowest BCUT2D eigenvalue weighted by Gasteiger charge is -2.11. The SMILES string of the molecule is C=C(NNC(=O)c1ccc(Cl)cc1)c1ccc(C#N)cc1. The van der Waals surface area contributed by atoms with E-state index in [-0.39, 0.29) is 5.91 Å². The molecule has 0 heterocycles. The Kier molecular flexibility index (Phi) is 4.60. The molecule has 2 rings (SSSR count). The van der Waals surface area contributed by atoms with Gasteiger partial charge in [0, 0.05) is 10.6 Å². The van der Waals surface area contributed by atoms with Crippen molar-refractivity contribution in [3.8, 4) is 6.07 Å². The molecular weight excluding hydrogens is 286 g/mol. The minimum atomic E-state index is -0.290. The highest BCUT2D eigenvalue weighted by molar-refractivity contribution is 6.30. The van der Waals surface area contributed by atoms with E-state index in [2.05, 4.69) is 17.4 Å². The number of carbonyl (C=O) groups excluding carboxylic acids is 1. The number of benzene rings is 2. The van der Waals surface area contributed by atoms with Crippen LogP contribution in [0.3, 0.4) is 0 Å². The summed E-state index contributed by atoms with van der Waals surface area (Å²) < 4.78 is 0. The van der Waals surface area contributed by atoms with E-state index >= 15 is 0 Å². The fraction of sp³-hybridized carbons (Fsp3) is 0. The topological polar surface area (TPSA) is 64.9 Å². The average molecular weight is 298 g/mol. The molecule has 0 saturated carbocycles. The Morgan fingerprint density at radius 3 is 2.14 bits per heavy atom. The number of hydrogen-bond acceptors (Lipinski definition) is 3. The first kappa shape index (κ1) is 14.6. The predicted molar refractivity (Wildman–Crippen MR) is 82.2 cm³/mol. The molecule has 21 heavy (non-hydrogen) atoms. The number of hydrazine groups is 1. The average Bonchev–Trinajstić information content (AvgIpc) is 2.53. The molecule has 2 N–H and O–H groups in total. The minimum absolute atomic E-state index is 0.290. The summed E-state index contributed by atoms with van der Waals surface area (Å²) in [6.45, 7) is 3.83. The maximum atomic E-state index is 11.9. The molecule has 0 aliphatic carbocycles. The summed E-state index contributed by atoms with van der Waals surface area (Å²) in [4.78, 5) is 11.9. The number of nitrogens with zero attached hydrogens (tertiary/aromatic N) is 1. The predicted octanol–water partition coefficient (Wildman–Crippen LogP) is 3.12. The van der Waals surface area contributed by atoms with E-state index < -0.39 is 0 Å². The number of halogens is 1. The molecular formula is C16H12ClN3O. The van der Waals surface area contributed by atoms with Crippen LogP contribution in [0.1, 0.15) is 21.5 Å². The zero-order valence-electron chi connectivity index (χ0n) is 11.1. The molecule has 0 fully saturated rings. The van der Waals surface area contributed by atoms with Crippen LogP contribution >= 0.6 is 11.6 Å². The Morgan fingerprint density at radius 1 is 1.00 bits per heavy atom. The third-order valence-corrected chi connectivity index (χ3v) is 3.05. The lowest BCUT2D eigenvalue weighted by atomic mass is 10.1. The van der Waals surface area contributed by atoms with Gasteiger partial charge in [0.1, 0.15) is 0 Å². The second-order valence-electron chi connectivity index (χ2n) is 4.25. The summed E-state index contributed by atoms with van der Waals surface area (Å²) in [5, 5.41) is 9.31. The summed E-state index contributed by atoms with van der Waals surface area (Å²) in [6, 6.07) is 15.5. The zero-order valence-corrected chi connectivity index (χ0v) is 11.8. The van der Waals surface area contributed by atoms with E-state index in [9.17, 15) is 4.79 Å². The molecule has 2 aromatic rings. The molecule has 0 bridgehead atoms. The van der Waals surface area contributed by atoms with Crippen molar-refractivity contribution in [3.63, 3.8) is 0 Å². The second kappa shape index (κ2) is 6.60. The highest BCUT2D eigenvalue weighted by atomic mass is 35.5. The molecule has 0 aliphatic heterocycles. The fourth-order valence-electron chi connectivity index (χ4n) is 1.62. The molecule has 0 radical (unpaired) electrons. The van der Waals surface area contributed by atoms with Gasteiger partial charge in [-0.15, -0.1) is 0 Å². The number of nitrogens with one attached hydrogen (secondary N) is 2. The van der Waals surface area contributed by atoms with E-state index in [0.29, 0.717) is 21.8 Å². The summed E-state index contributed by atoms with van der Waals surface area (Å²) >= 11 is 5.76. The first-order chi connectivity index (χ1) is 10.1. The normalized spacial score (nSPS) is 9.52. The standard InChI is InChI=1S/C16H12ClN3O/c1-11(13-4-2-12(10-18)3-5-13)19-20-16(21)14-6-8-15(17)9-7-14/h2-9,19H,1H2,(H,20,21). The quantitative estimate of drug-likeness (QED) is 0.852. The summed E-state index contributed by atoms with van der Waals surface area (Å²) in [5.41, 5.74) is 7.65. The highest BCUT2D eigenvalue weighted by Crippen LogP contribution is 2.11. The minimum Gasteiger partial charge on any atom is -0.298 e. The number of nitriles is 1. The van der Waals surface area contributed by atoms with Gasteiger partial charge in [-0.05, 0) is 42.0 Å². The monoisotopic (exact) mass is 297 g/mol. The van der Waals surface area contributed by atoms with Gasteiger partial charge in [0.25, 0.3) is 5.91 Å². The van der Waals surface area contributed by atoms with Gasteiger partial charge in [-0.25, -0.2) is 0 Å². The van der Waals surface area contributed by atoms with E-state index in [1.54, 1.807) is 48.5 Å². The van der Waals surface area contributed by atoms with Gasteiger partial charge in [0.05, 0.1) is 17.3 Å². The lowest BCUT2D eigenvalue weighted by molar-refractivity contribution is 0.0942. The van der Waals surface area contributed by atoms with E-state index in [0.717, 1.165) is 5.56 Å². The third-order valence-electron chi connectivity index (χ3n) is 2.80. The number of amides is 1. The second-order valence-corrected chi connectivity index (χ2v) is 4.69. The van der Waals surface area contributed by atoms with Crippen LogP contribution in [0.25, 0.3) is 5.70 Å². The van der Waals surface area contributed by atoms with Crippen molar-refractivity contribution in [2.24, 2.45) is 0 Å². The van der Waals surface area contributed by atoms with Gasteiger partial charge in [0.15, 0.2) is 0 Å². The van der Waals surface area contributed by atoms with E-state index in [1.807, 2.05) is 6.07 Å². The van der Waals surface area contributed by atoms with Gasteiger partial charge < -0.3 is 0 Å². The van der Waals surface area contributed by atoms with E-state index in [4.69, 9.17) is 16.9 Å². The molecule has 5 heteroatoms. The van der Waals surface area contributed by atoms with Gasteiger partial charge in [-0.1, -0.05) is 30.3 Å². The third kappa shape index (κ3) is 3.85. The first-order valence-electron chi connectivity index (χ1n) is 6.11. The molecule has 0 spiro atoms. The molecule has 0 saturated heterocycles. The Bertz CT molecular complexity index is 700. The Hall–Kier alpha value is -2.77. The Labute approximate surface area is 127 Å². The molecule has 1 amide bonds. The summed E-state index contributed by atoms with van der Waals surface area (Å²) in [6.07, 6.45) is 0. The maximum absolute atomic E-state index is 11.9. The Morgan fingerprint density at radius 2 is 1.57 bits per heavy atom. The van der Waals surface area contributed by atoms with E-state index in [1.165, 1.54) is 0 Å². The molecule has 2 aromatic carbocycles. The van der Waals surface area contributed by atoms with Crippen LogP contribution in [-0.4, -0.2) is 5.91 Å². The summed E-state index contributed by atoms with van der Waals surface area (Å²) in [5.74, 6) is -0.290. The number of carbonyl (C=O) groups is 1. The molecule has 0 aliphatic rings. The molecule has 0 unspecified atom stereocenters. The number of hydrogen-bond donors (Lipinski definition) is 2. The van der Waals surface area contributed by atoms with Crippen LogP contribution in [0.5, 0.6) is 0 Å². The van der Waals surface area contributed by atoms with Crippen molar-refractivity contribution < 1.29 is 4.79 Å². The van der Waals surface area contributed by atoms with Crippen LogP contribution in [0.2, 0.25) is 5.02 Å². The highest BCUT2D eigenvalue weighted by Gasteiger charge is 2.05. The molecule has 4 nitrogen and oxygen atoms in total. The van der Waals surface area contributed by atoms with Gasteiger partial charge in [0.2, 0.25) is 0 Å². The van der Waals surface area contributed by atoms with Crippen LogP contribution in [0, 0.1) is 11.3 Å². The van der Waals surface area contributed by atoms with Gasteiger partial charge in [-0.3, -0.25) is 15.6 Å². The van der Waals surface area contributed by atoms with Gasteiger partial charge >= 0.3 is 0 Å². The van der Waals surface area contributed by atoms with Crippen molar-refractivity contribution >= 4 is 23.2 Å². The molecule has 104 valence electrons. The molecule has 0 atom stereocenters. The first-order valence-corrected chi connectivity index (χ1v) is 6.49. The molecule has 0 aromatic heterocycles. The smallest absolute Gasteiger partial charge is 0.269 e. The van der Waals surface area contributed by atoms with Crippen molar-refractivity contribution in [1.29, 1.82) is 5.26 Å². The van der Waals surface area contributed by atoms with Gasteiger partial charge in [-0.2, -0.15) is 5.26 Å². The zero-order chi connectivity index (χ0) is 15.2. The lowest BCUT2D eigenvalue weighted by Crippen LogP contribution is -2.35. The van der Waals surface area contributed by atoms with Crippen molar-refractivity contribution in [2.45, 2.75) is 0 Å². The van der Waals surface area contributed by atoms with Crippen molar-refractivity contribution in [3.05, 3.63) is 76.8 Å². The Balaban J connectivity index is 1.95. The fourth-order valence-corrected chi connectivity index (χ4v) is 1.75. The van der Waals surface area contributed by atoms with Crippen molar-refractivity contribution in [1.82, 2.24) is 10.9 Å². The van der Waals surface area contributed by atoms with Crippen LogP contribution in [0.15, 0.2) is 55.1 Å². The van der Waals surface area contributed by atoms with Crippen LogP contribution < -0.4 is 10.9 Å². The van der Waals surface area contributed by atoms with Crippen LogP contribution in [-0.2, 0) is 0 Å².